The average Bonchev–Trinajstić information content (AvgIpc) is 2.53. The molecule has 1 aromatic carbocycles. The molecular weight excluding hydrogens is 262 g/mol. The molecule has 3 nitrogen and oxygen atoms in total. The fourth-order valence-corrected chi connectivity index (χ4v) is 2.65. The van der Waals surface area contributed by atoms with Gasteiger partial charge in [0.25, 0.3) is 0 Å². The normalized spacial score (nSPS) is 10.8. The monoisotopic (exact) mass is 287 g/mol. The molecule has 0 amide bonds. The number of benzene rings is 1. The number of nitrogens with zero attached hydrogens (tertiary/aromatic N) is 1. The van der Waals surface area contributed by atoms with E-state index in [0.717, 1.165) is 29.0 Å². The Kier molecular flexibility index (Phi) is 5.85. The van der Waals surface area contributed by atoms with Crippen LogP contribution in [0.2, 0.25) is 0 Å². The van der Waals surface area contributed by atoms with Gasteiger partial charge in [0.1, 0.15) is 0 Å². The third kappa shape index (κ3) is 3.87. The summed E-state index contributed by atoms with van der Waals surface area (Å²) < 4.78 is 10.8. The van der Waals surface area contributed by atoms with Gasteiger partial charge >= 0.3 is 0 Å². The van der Waals surface area contributed by atoms with Crippen molar-refractivity contribution < 1.29 is 9.47 Å². The molecule has 0 atom stereocenters. The highest BCUT2D eigenvalue weighted by atomic mass is 16.5. The summed E-state index contributed by atoms with van der Waals surface area (Å²) >= 11 is 0. The van der Waals surface area contributed by atoms with Crippen LogP contribution >= 0.6 is 0 Å². The van der Waals surface area contributed by atoms with E-state index < -0.39 is 0 Å². The molecule has 0 saturated heterocycles. The molecular formula is C18H25NO2. The minimum atomic E-state index is 0.769. The number of hydrogen-bond donors (Lipinski definition) is 0. The van der Waals surface area contributed by atoms with E-state index in [1.54, 1.807) is 14.2 Å². The third-order valence-corrected chi connectivity index (χ3v) is 3.87. The number of unbranched alkanes of at least 4 members (excludes halogenated alkanes) is 4. The highest BCUT2D eigenvalue weighted by molar-refractivity contribution is 5.87. The smallest absolute Gasteiger partial charge is 0.161 e. The lowest BCUT2D eigenvalue weighted by Gasteiger charge is -2.11. The maximum Gasteiger partial charge on any atom is 0.161 e. The van der Waals surface area contributed by atoms with Gasteiger partial charge in [0.15, 0.2) is 11.5 Å². The van der Waals surface area contributed by atoms with Crippen LogP contribution in [-0.2, 0) is 6.42 Å². The number of pyridine rings is 1. The first-order valence-corrected chi connectivity index (χ1v) is 7.79. The second-order valence-corrected chi connectivity index (χ2v) is 5.35. The zero-order valence-corrected chi connectivity index (χ0v) is 13.3. The molecule has 1 aromatic heterocycles. The van der Waals surface area contributed by atoms with E-state index in [9.17, 15) is 0 Å². The Morgan fingerprint density at radius 3 is 2.38 bits per heavy atom. The zero-order valence-electron chi connectivity index (χ0n) is 13.3. The van der Waals surface area contributed by atoms with Gasteiger partial charge in [-0.15, -0.1) is 0 Å². The predicted molar refractivity (Wildman–Crippen MR) is 87.3 cm³/mol. The van der Waals surface area contributed by atoms with Gasteiger partial charge in [0.05, 0.1) is 14.2 Å². The topological polar surface area (TPSA) is 31.4 Å². The SMILES string of the molecule is CCCCCCCc1nccc2cc(OC)c(OC)cc12. The standard InChI is InChI=1S/C18H25NO2/c1-4-5-6-7-8-9-16-15-13-18(21-3)17(20-2)12-14(15)10-11-19-16/h10-13H,4-9H2,1-3H3. The molecule has 21 heavy (non-hydrogen) atoms. The van der Waals surface area contributed by atoms with Crippen LogP contribution in [0, 0.1) is 0 Å². The first kappa shape index (κ1) is 15.6. The second-order valence-electron chi connectivity index (χ2n) is 5.35. The van der Waals surface area contributed by atoms with E-state index in [2.05, 4.69) is 11.9 Å². The maximum atomic E-state index is 5.40. The summed E-state index contributed by atoms with van der Waals surface area (Å²) in [5, 5.41) is 2.33. The van der Waals surface area contributed by atoms with Crippen LogP contribution in [0.15, 0.2) is 24.4 Å². The van der Waals surface area contributed by atoms with Gasteiger partial charge in [-0.05, 0) is 36.4 Å². The molecule has 0 aliphatic rings. The molecule has 0 aliphatic carbocycles. The van der Waals surface area contributed by atoms with Crippen molar-refractivity contribution in [2.75, 3.05) is 14.2 Å². The molecule has 0 unspecified atom stereocenters. The number of ether oxygens (including phenoxy) is 2. The summed E-state index contributed by atoms with van der Waals surface area (Å²) in [6, 6.07) is 6.09. The molecule has 0 fully saturated rings. The number of hydrogen-bond acceptors (Lipinski definition) is 3. The Morgan fingerprint density at radius 2 is 1.67 bits per heavy atom. The first-order valence-electron chi connectivity index (χ1n) is 7.79. The van der Waals surface area contributed by atoms with Crippen LogP contribution in [-0.4, -0.2) is 19.2 Å². The van der Waals surface area contributed by atoms with E-state index in [1.807, 2.05) is 24.4 Å². The van der Waals surface area contributed by atoms with Crippen molar-refractivity contribution in [1.29, 1.82) is 0 Å². The lowest BCUT2D eigenvalue weighted by atomic mass is 10.0. The molecule has 0 bridgehead atoms. The minimum absolute atomic E-state index is 0.769. The summed E-state index contributed by atoms with van der Waals surface area (Å²) in [4.78, 5) is 4.56. The summed E-state index contributed by atoms with van der Waals surface area (Å²) in [7, 11) is 3.34. The molecule has 0 spiro atoms. The Hall–Kier alpha value is -1.77. The fraction of sp³-hybridized carbons (Fsp3) is 0.500. The molecule has 0 aliphatic heterocycles. The van der Waals surface area contributed by atoms with Crippen molar-refractivity contribution in [3.8, 4) is 11.5 Å². The molecule has 2 rings (SSSR count). The lowest BCUT2D eigenvalue weighted by molar-refractivity contribution is 0.356. The first-order chi connectivity index (χ1) is 10.3. The van der Waals surface area contributed by atoms with Crippen molar-refractivity contribution in [2.24, 2.45) is 0 Å². The van der Waals surface area contributed by atoms with Crippen molar-refractivity contribution >= 4 is 10.8 Å². The average molecular weight is 287 g/mol. The van der Waals surface area contributed by atoms with E-state index >= 15 is 0 Å². The Bertz CT molecular complexity index is 581. The Labute approximate surface area is 127 Å². The van der Waals surface area contributed by atoms with E-state index in [1.165, 1.54) is 37.5 Å². The summed E-state index contributed by atoms with van der Waals surface area (Å²) in [6.07, 6.45) is 9.31. The van der Waals surface area contributed by atoms with Crippen LogP contribution in [0.25, 0.3) is 10.8 Å². The van der Waals surface area contributed by atoms with Gasteiger partial charge in [-0.3, -0.25) is 4.98 Å². The van der Waals surface area contributed by atoms with Crippen LogP contribution in [0.1, 0.15) is 44.7 Å². The van der Waals surface area contributed by atoms with Gasteiger partial charge < -0.3 is 9.47 Å². The number of aryl methyl sites for hydroxylation is 1. The number of aromatic nitrogens is 1. The summed E-state index contributed by atoms with van der Waals surface area (Å²) in [6.45, 7) is 2.24. The quantitative estimate of drug-likeness (QED) is 0.656. The van der Waals surface area contributed by atoms with E-state index in [0.29, 0.717) is 0 Å². The Balaban J connectivity index is 2.19. The van der Waals surface area contributed by atoms with Gasteiger partial charge in [-0.25, -0.2) is 0 Å². The molecule has 3 heteroatoms. The van der Waals surface area contributed by atoms with Crippen molar-refractivity contribution in [3.05, 3.63) is 30.1 Å². The highest BCUT2D eigenvalue weighted by Gasteiger charge is 2.09. The largest absolute Gasteiger partial charge is 0.493 e. The summed E-state index contributed by atoms with van der Waals surface area (Å²) in [5.74, 6) is 1.54. The molecule has 0 saturated carbocycles. The number of methoxy groups -OCH3 is 2. The summed E-state index contributed by atoms with van der Waals surface area (Å²) in [5.41, 5.74) is 1.16. The predicted octanol–water partition coefficient (Wildman–Crippen LogP) is 4.76. The van der Waals surface area contributed by atoms with Gasteiger partial charge in [-0.1, -0.05) is 32.6 Å². The number of fused-ring (bicyclic) bond motifs is 1. The van der Waals surface area contributed by atoms with Crippen LogP contribution in [0.5, 0.6) is 11.5 Å². The molecule has 114 valence electrons. The number of rotatable bonds is 8. The lowest BCUT2D eigenvalue weighted by Crippen LogP contribution is -1.95. The van der Waals surface area contributed by atoms with Gasteiger partial charge in [0, 0.05) is 17.3 Å². The zero-order chi connectivity index (χ0) is 15.1. The third-order valence-electron chi connectivity index (χ3n) is 3.87. The molecule has 2 aromatic rings. The van der Waals surface area contributed by atoms with Gasteiger partial charge in [-0.2, -0.15) is 0 Å². The van der Waals surface area contributed by atoms with Crippen LogP contribution in [0.3, 0.4) is 0 Å². The van der Waals surface area contributed by atoms with Gasteiger partial charge in [0.2, 0.25) is 0 Å². The second kappa shape index (κ2) is 7.87. The van der Waals surface area contributed by atoms with Crippen molar-refractivity contribution in [2.45, 2.75) is 45.4 Å². The van der Waals surface area contributed by atoms with Crippen molar-refractivity contribution in [3.63, 3.8) is 0 Å². The van der Waals surface area contributed by atoms with Crippen molar-refractivity contribution in [1.82, 2.24) is 4.98 Å². The molecule has 1 heterocycles. The Morgan fingerprint density at radius 1 is 0.952 bits per heavy atom. The highest BCUT2D eigenvalue weighted by Crippen LogP contribution is 2.33. The maximum absolute atomic E-state index is 5.40. The van der Waals surface area contributed by atoms with Crippen LogP contribution < -0.4 is 9.47 Å². The molecule has 0 N–H and O–H groups in total. The van der Waals surface area contributed by atoms with E-state index in [4.69, 9.17) is 9.47 Å². The van der Waals surface area contributed by atoms with E-state index in [-0.39, 0.29) is 0 Å². The van der Waals surface area contributed by atoms with Crippen LogP contribution in [0.4, 0.5) is 0 Å². The minimum Gasteiger partial charge on any atom is -0.493 e. The fourth-order valence-electron chi connectivity index (χ4n) is 2.65. The molecule has 0 radical (unpaired) electrons.